The summed E-state index contributed by atoms with van der Waals surface area (Å²) in [7, 11) is 0. The maximum absolute atomic E-state index is 12.5. The van der Waals surface area contributed by atoms with Gasteiger partial charge in [0.1, 0.15) is 0 Å². The Morgan fingerprint density at radius 3 is 2.21 bits per heavy atom. The number of likely N-dealkylation sites (N-methyl/N-ethyl adjacent to an activating group) is 1. The predicted octanol–water partition coefficient (Wildman–Crippen LogP) is 0.897. The summed E-state index contributed by atoms with van der Waals surface area (Å²) in [4.78, 5) is 27.9. The Bertz CT molecular complexity index is 351. The zero-order valence-electron chi connectivity index (χ0n) is 11.8. The summed E-state index contributed by atoms with van der Waals surface area (Å²) in [5, 5.41) is 9.25. The Labute approximate surface area is 114 Å². The van der Waals surface area contributed by atoms with Gasteiger partial charge in [0.2, 0.25) is 5.91 Å². The summed E-state index contributed by atoms with van der Waals surface area (Å²) >= 11 is 0. The third-order valence-electron chi connectivity index (χ3n) is 4.56. The van der Waals surface area contributed by atoms with E-state index >= 15 is 0 Å². The molecular formula is C14H24N2O3. The number of carboxylic acid groups (broad SMARTS) is 1. The van der Waals surface area contributed by atoms with E-state index in [1.165, 1.54) is 0 Å². The van der Waals surface area contributed by atoms with Crippen LogP contribution in [0.25, 0.3) is 0 Å². The topological polar surface area (TPSA) is 60.9 Å². The van der Waals surface area contributed by atoms with Crippen molar-refractivity contribution in [2.45, 2.75) is 26.7 Å². The van der Waals surface area contributed by atoms with Gasteiger partial charge in [-0.15, -0.1) is 0 Å². The van der Waals surface area contributed by atoms with E-state index in [9.17, 15) is 14.7 Å². The molecular weight excluding hydrogens is 244 g/mol. The molecule has 2 fully saturated rings. The van der Waals surface area contributed by atoms with E-state index in [2.05, 4.69) is 11.8 Å². The maximum atomic E-state index is 12.5. The van der Waals surface area contributed by atoms with Gasteiger partial charge in [-0.3, -0.25) is 9.59 Å². The molecule has 0 aromatic heterocycles. The minimum Gasteiger partial charge on any atom is -0.481 e. The largest absolute Gasteiger partial charge is 0.481 e. The van der Waals surface area contributed by atoms with Crippen molar-refractivity contribution in [3.05, 3.63) is 0 Å². The van der Waals surface area contributed by atoms with E-state index in [1.54, 1.807) is 0 Å². The fourth-order valence-electron chi connectivity index (χ4n) is 3.36. The van der Waals surface area contributed by atoms with Crippen LogP contribution in [-0.2, 0) is 9.59 Å². The van der Waals surface area contributed by atoms with Crippen LogP contribution in [-0.4, -0.2) is 59.5 Å². The van der Waals surface area contributed by atoms with E-state index in [-0.39, 0.29) is 11.8 Å². The highest BCUT2D eigenvalue weighted by atomic mass is 16.4. The van der Waals surface area contributed by atoms with E-state index in [0.29, 0.717) is 12.3 Å². The highest BCUT2D eigenvalue weighted by Gasteiger charge is 2.43. The molecule has 0 radical (unpaired) electrons. The summed E-state index contributed by atoms with van der Waals surface area (Å²) in [6, 6.07) is 0. The molecule has 1 N–H and O–H groups in total. The minimum atomic E-state index is -0.810. The predicted molar refractivity (Wildman–Crippen MR) is 71.7 cm³/mol. The number of carbonyl (C=O) groups excluding carboxylic acids is 1. The van der Waals surface area contributed by atoms with Crippen LogP contribution < -0.4 is 0 Å². The summed E-state index contributed by atoms with van der Waals surface area (Å²) in [5.41, 5.74) is 0. The van der Waals surface area contributed by atoms with Crippen LogP contribution in [0.3, 0.4) is 0 Å². The molecule has 108 valence electrons. The lowest BCUT2D eigenvalue weighted by Gasteiger charge is -2.36. The quantitative estimate of drug-likeness (QED) is 0.826. The van der Waals surface area contributed by atoms with Gasteiger partial charge in [-0.05, 0) is 25.3 Å². The molecule has 0 bridgehead atoms. The first-order valence-electron chi connectivity index (χ1n) is 7.26. The molecule has 1 heterocycles. The van der Waals surface area contributed by atoms with Crippen LogP contribution in [0.2, 0.25) is 0 Å². The second-order valence-electron chi connectivity index (χ2n) is 5.89. The first-order valence-corrected chi connectivity index (χ1v) is 7.26. The Kier molecular flexibility index (Phi) is 4.45. The van der Waals surface area contributed by atoms with Gasteiger partial charge in [-0.1, -0.05) is 13.8 Å². The molecule has 3 unspecified atom stereocenters. The number of carboxylic acids is 1. The second-order valence-corrected chi connectivity index (χ2v) is 5.89. The Hall–Kier alpha value is -1.10. The number of aliphatic carboxylic acids is 1. The van der Waals surface area contributed by atoms with Crippen LogP contribution in [0.5, 0.6) is 0 Å². The van der Waals surface area contributed by atoms with Gasteiger partial charge in [0.25, 0.3) is 0 Å². The van der Waals surface area contributed by atoms with Crippen LogP contribution in [0.1, 0.15) is 26.7 Å². The lowest BCUT2D eigenvalue weighted by Crippen LogP contribution is -2.50. The molecule has 1 saturated heterocycles. The fraction of sp³-hybridized carbons (Fsp3) is 0.857. The third-order valence-corrected chi connectivity index (χ3v) is 4.56. The van der Waals surface area contributed by atoms with Gasteiger partial charge in [-0.2, -0.15) is 0 Å². The van der Waals surface area contributed by atoms with Crippen molar-refractivity contribution in [1.82, 2.24) is 9.80 Å². The molecule has 2 aliphatic rings. The zero-order valence-corrected chi connectivity index (χ0v) is 11.8. The highest BCUT2D eigenvalue weighted by Crippen LogP contribution is 2.37. The number of carbonyl (C=O) groups is 2. The molecule has 1 aliphatic carbocycles. The van der Waals surface area contributed by atoms with Crippen LogP contribution in [0.4, 0.5) is 0 Å². The average Bonchev–Trinajstić information content (AvgIpc) is 2.80. The van der Waals surface area contributed by atoms with Gasteiger partial charge in [0.05, 0.1) is 11.8 Å². The van der Waals surface area contributed by atoms with Crippen molar-refractivity contribution in [3.63, 3.8) is 0 Å². The van der Waals surface area contributed by atoms with Crippen molar-refractivity contribution in [1.29, 1.82) is 0 Å². The molecule has 0 aromatic carbocycles. The molecule has 19 heavy (non-hydrogen) atoms. The van der Waals surface area contributed by atoms with E-state index in [1.807, 2.05) is 11.8 Å². The maximum Gasteiger partial charge on any atom is 0.307 e. The second kappa shape index (κ2) is 5.90. The first kappa shape index (κ1) is 14.3. The van der Waals surface area contributed by atoms with Crippen LogP contribution >= 0.6 is 0 Å². The Morgan fingerprint density at radius 2 is 1.68 bits per heavy atom. The molecule has 1 aliphatic heterocycles. The van der Waals surface area contributed by atoms with Crippen molar-refractivity contribution >= 4 is 11.9 Å². The molecule has 5 nitrogen and oxygen atoms in total. The van der Waals surface area contributed by atoms with E-state index in [0.717, 1.165) is 39.1 Å². The number of hydrogen-bond donors (Lipinski definition) is 1. The number of nitrogens with zero attached hydrogens (tertiary/aromatic N) is 2. The smallest absolute Gasteiger partial charge is 0.307 e. The van der Waals surface area contributed by atoms with Gasteiger partial charge < -0.3 is 14.9 Å². The summed E-state index contributed by atoms with van der Waals surface area (Å²) < 4.78 is 0. The molecule has 0 aromatic rings. The van der Waals surface area contributed by atoms with Crippen molar-refractivity contribution in [2.75, 3.05) is 32.7 Å². The van der Waals surface area contributed by atoms with Crippen LogP contribution in [0.15, 0.2) is 0 Å². The highest BCUT2D eigenvalue weighted by molar-refractivity contribution is 5.85. The monoisotopic (exact) mass is 268 g/mol. The summed E-state index contributed by atoms with van der Waals surface area (Å²) in [6.07, 6.45) is 1.37. The van der Waals surface area contributed by atoms with Gasteiger partial charge >= 0.3 is 5.97 Å². The summed E-state index contributed by atoms with van der Waals surface area (Å²) in [5.74, 6) is -1.19. The lowest BCUT2D eigenvalue weighted by atomic mass is 9.94. The summed E-state index contributed by atoms with van der Waals surface area (Å²) in [6.45, 7) is 8.47. The Balaban J connectivity index is 1.97. The van der Waals surface area contributed by atoms with Gasteiger partial charge in [0, 0.05) is 26.2 Å². The van der Waals surface area contributed by atoms with E-state index < -0.39 is 11.9 Å². The normalized spacial score (nSPS) is 32.5. The molecule has 3 atom stereocenters. The van der Waals surface area contributed by atoms with Gasteiger partial charge in [-0.25, -0.2) is 0 Å². The van der Waals surface area contributed by atoms with Crippen molar-refractivity contribution in [2.24, 2.45) is 17.8 Å². The van der Waals surface area contributed by atoms with E-state index in [4.69, 9.17) is 0 Å². The van der Waals surface area contributed by atoms with Crippen molar-refractivity contribution < 1.29 is 14.7 Å². The standard InChI is InChI=1S/C14H24N2O3/c1-3-15-4-6-16(7-5-15)13(17)11-8-10(2)9-12(11)14(18)19/h10-12H,3-9H2,1-2H3,(H,18,19). The molecule has 2 rings (SSSR count). The molecule has 0 spiro atoms. The number of amides is 1. The molecule has 5 heteroatoms. The number of hydrogen-bond acceptors (Lipinski definition) is 3. The lowest BCUT2D eigenvalue weighted by molar-refractivity contribution is -0.149. The number of rotatable bonds is 3. The first-order chi connectivity index (χ1) is 9.02. The minimum absolute atomic E-state index is 0.0625. The van der Waals surface area contributed by atoms with Gasteiger partial charge in [0.15, 0.2) is 0 Å². The molecule has 1 amide bonds. The van der Waals surface area contributed by atoms with Crippen molar-refractivity contribution in [3.8, 4) is 0 Å². The Morgan fingerprint density at radius 1 is 1.11 bits per heavy atom. The third kappa shape index (κ3) is 3.08. The zero-order chi connectivity index (χ0) is 14.0. The van der Waals surface area contributed by atoms with Crippen LogP contribution in [0, 0.1) is 17.8 Å². The SMILES string of the molecule is CCN1CCN(C(=O)C2CC(C)CC2C(=O)O)CC1. The fourth-order valence-corrected chi connectivity index (χ4v) is 3.36. The number of piperazine rings is 1. The average molecular weight is 268 g/mol. The molecule has 1 saturated carbocycles.